The third kappa shape index (κ3) is 3.00. The molecule has 0 bridgehead atoms. The van der Waals surface area contributed by atoms with Crippen LogP contribution in [0.25, 0.3) is 0 Å². The van der Waals surface area contributed by atoms with Crippen molar-refractivity contribution >= 4 is 17.2 Å². The fourth-order valence-corrected chi connectivity index (χ4v) is 4.53. The van der Waals surface area contributed by atoms with E-state index in [-0.39, 0.29) is 12.0 Å². The maximum Gasteiger partial charge on any atom is 0.255 e. The Labute approximate surface area is 130 Å². The second kappa shape index (κ2) is 6.07. The number of amides is 1. The lowest BCUT2D eigenvalue weighted by Crippen LogP contribution is -2.53. The van der Waals surface area contributed by atoms with Gasteiger partial charge in [0.15, 0.2) is 0 Å². The first-order valence-electron chi connectivity index (χ1n) is 7.84. The summed E-state index contributed by atoms with van der Waals surface area (Å²) in [4.78, 5) is 19.2. The van der Waals surface area contributed by atoms with Crippen LogP contribution in [0.1, 0.15) is 39.4 Å². The first kappa shape index (κ1) is 15.0. The van der Waals surface area contributed by atoms with Crippen LogP contribution in [0.5, 0.6) is 0 Å². The van der Waals surface area contributed by atoms with Crippen molar-refractivity contribution in [1.82, 2.24) is 9.80 Å². The third-order valence-electron chi connectivity index (χ3n) is 4.79. The summed E-state index contributed by atoms with van der Waals surface area (Å²) in [7, 11) is 0. The molecule has 3 rings (SSSR count). The molecule has 1 N–H and O–H groups in total. The number of hydrogen-bond acceptors (Lipinski definition) is 4. The highest BCUT2D eigenvalue weighted by molar-refractivity contribution is 7.12. The van der Waals surface area contributed by atoms with Crippen molar-refractivity contribution < 1.29 is 9.90 Å². The fourth-order valence-electron chi connectivity index (χ4n) is 3.62. The maximum atomic E-state index is 12.6. The molecule has 2 atom stereocenters. The SMILES string of the molecule is Cc1cc(C(=O)N2CCN([C@H]3CCC[C@H]3O)CC2)c(C)s1. The Hall–Kier alpha value is -0.910. The largest absolute Gasteiger partial charge is 0.391 e. The summed E-state index contributed by atoms with van der Waals surface area (Å²) in [5.41, 5.74) is 0.867. The van der Waals surface area contributed by atoms with Gasteiger partial charge in [-0.05, 0) is 39.2 Å². The second-order valence-corrected chi connectivity index (χ2v) is 7.68. The average molecular weight is 308 g/mol. The Bertz CT molecular complexity index is 520. The molecule has 2 fully saturated rings. The van der Waals surface area contributed by atoms with Crippen molar-refractivity contribution in [3.05, 3.63) is 21.4 Å². The van der Waals surface area contributed by atoms with E-state index in [1.165, 1.54) is 4.88 Å². The molecule has 1 aliphatic heterocycles. The van der Waals surface area contributed by atoms with Crippen molar-refractivity contribution in [1.29, 1.82) is 0 Å². The molecule has 0 unspecified atom stereocenters. The molecular formula is C16H24N2O2S. The van der Waals surface area contributed by atoms with Crippen molar-refractivity contribution in [2.45, 2.75) is 45.3 Å². The molecule has 1 aliphatic carbocycles. The minimum absolute atomic E-state index is 0.170. The highest BCUT2D eigenvalue weighted by Crippen LogP contribution is 2.26. The molecule has 1 amide bonds. The van der Waals surface area contributed by atoms with Gasteiger partial charge in [0.25, 0.3) is 5.91 Å². The summed E-state index contributed by atoms with van der Waals surface area (Å²) >= 11 is 1.69. The van der Waals surface area contributed by atoms with Gasteiger partial charge in [-0.2, -0.15) is 0 Å². The minimum atomic E-state index is -0.172. The van der Waals surface area contributed by atoms with Crippen LogP contribution in [-0.2, 0) is 0 Å². The van der Waals surface area contributed by atoms with E-state index in [2.05, 4.69) is 4.90 Å². The number of thiophene rings is 1. The van der Waals surface area contributed by atoms with Crippen LogP contribution in [0.3, 0.4) is 0 Å². The van der Waals surface area contributed by atoms with E-state index >= 15 is 0 Å². The standard InChI is InChI=1S/C16H24N2O2S/c1-11-10-13(12(2)21-11)16(20)18-8-6-17(7-9-18)14-4-3-5-15(14)19/h10,14-15,19H,3-9H2,1-2H3/t14-,15+/m0/s1. The van der Waals surface area contributed by atoms with Crippen molar-refractivity contribution in [3.8, 4) is 0 Å². The zero-order valence-electron chi connectivity index (χ0n) is 12.8. The molecular weight excluding hydrogens is 284 g/mol. The van der Waals surface area contributed by atoms with Crippen molar-refractivity contribution in [2.24, 2.45) is 0 Å². The lowest BCUT2D eigenvalue weighted by molar-refractivity contribution is 0.0315. The van der Waals surface area contributed by atoms with Crippen LogP contribution in [0.2, 0.25) is 0 Å². The van der Waals surface area contributed by atoms with Gasteiger partial charge in [0, 0.05) is 42.0 Å². The quantitative estimate of drug-likeness (QED) is 0.909. The monoisotopic (exact) mass is 308 g/mol. The first-order chi connectivity index (χ1) is 10.1. The lowest BCUT2D eigenvalue weighted by Gasteiger charge is -2.39. The Morgan fingerprint density at radius 2 is 1.95 bits per heavy atom. The van der Waals surface area contributed by atoms with E-state index in [0.717, 1.165) is 55.9 Å². The van der Waals surface area contributed by atoms with Gasteiger partial charge < -0.3 is 10.0 Å². The lowest BCUT2D eigenvalue weighted by atomic mass is 10.1. The predicted octanol–water partition coefficient (Wildman–Crippen LogP) is 2.04. The number of aryl methyl sites for hydroxylation is 2. The van der Waals surface area contributed by atoms with Crippen molar-refractivity contribution in [2.75, 3.05) is 26.2 Å². The highest BCUT2D eigenvalue weighted by atomic mass is 32.1. The number of carbonyl (C=O) groups is 1. The number of nitrogens with zero attached hydrogens (tertiary/aromatic N) is 2. The smallest absolute Gasteiger partial charge is 0.255 e. The Morgan fingerprint density at radius 1 is 1.24 bits per heavy atom. The van der Waals surface area contributed by atoms with E-state index in [0.29, 0.717) is 6.04 Å². The molecule has 2 heterocycles. The topological polar surface area (TPSA) is 43.8 Å². The number of aliphatic hydroxyl groups is 1. The van der Waals surface area contributed by atoms with Crippen LogP contribution in [-0.4, -0.2) is 59.1 Å². The number of hydrogen-bond donors (Lipinski definition) is 1. The first-order valence-corrected chi connectivity index (χ1v) is 8.66. The van der Waals surface area contributed by atoms with Gasteiger partial charge in [-0.1, -0.05) is 0 Å². The number of piperazine rings is 1. The van der Waals surface area contributed by atoms with Crippen molar-refractivity contribution in [3.63, 3.8) is 0 Å². The molecule has 5 heteroatoms. The molecule has 2 aliphatic rings. The summed E-state index contributed by atoms with van der Waals surface area (Å²) in [6, 6.07) is 2.32. The van der Waals surface area contributed by atoms with Gasteiger partial charge in [0.2, 0.25) is 0 Å². The van der Waals surface area contributed by atoms with Crippen LogP contribution < -0.4 is 0 Å². The molecule has 1 aromatic heterocycles. The Balaban J connectivity index is 1.60. The van der Waals surface area contributed by atoms with E-state index < -0.39 is 0 Å². The molecule has 1 saturated carbocycles. The van der Waals surface area contributed by atoms with Gasteiger partial charge in [0.05, 0.1) is 11.7 Å². The zero-order valence-corrected chi connectivity index (χ0v) is 13.7. The van der Waals surface area contributed by atoms with E-state index in [1.54, 1.807) is 11.3 Å². The van der Waals surface area contributed by atoms with Crippen LogP contribution in [0, 0.1) is 13.8 Å². The van der Waals surface area contributed by atoms with E-state index in [9.17, 15) is 9.90 Å². The number of carbonyl (C=O) groups excluding carboxylic acids is 1. The fraction of sp³-hybridized carbons (Fsp3) is 0.688. The molecule has 1 saturated heterocycles. The third-order valence-corrected chi connectivity index (χ3v) is 5.75. The molecule has 0 aromatic carbocycles. The zero-order chi connectivity index (χ0) is 15.0. The van der Waals surface area contributed by atoms with Gasteiger partial charge in [-0.25, -0.2) is 0 Å². The summed E-state index contributed by atoms with van der Waals surface area (Å²) in [6.07, 6.45) is 2.97. The predicted molar refractivity (Wildman–Crippen MR) is 84.9 cm³/mol. The molecule has 0 radical (unpaired) electrons. The summed E-state index contributed by atoms with van der Waals surface area (Å²) < 4.78 is 0. The average Bonchev–Trinajstić information content (AvgIpc) is 3.04. The van der Waals surface area contributed by atoms with E-state index in [4.69, 9.17) is 0 Å². The molecule has 4 nitrogen and oxygen atoms in total. The summed E-state index contributed by atoms with van der Waals surface area (Å²) in [5, 5.41) is 10.0. The molecule has 0 spiro atoms. The number of aliphatic hydroxyl groups excluding tert-OH is 1. The Kier molecular flexibility index (Phi) is 4.33. The summed E-state index contributed by atoms with van der Waals surface area (Å²) in [5.74, 6) is 0.170. The minimum Gasteiger partial charge on any atom is -0.391 e. The van der Waals surface area contributed by atoms with Crippen LogP contribution >= 0.6 is 11.3 Å². The van der Waals surface area contributed by atoms with Gasteiger partial charge in [-0.3, -0.25) is 9.69 Å². The van der Waals surface area contributed by atoms with E-state index in [1.807, 2.05) is 24.8 Å². The van der Waals surface area contributed by atoms with Gasteiger partial charge >= 0.3 is 0 Å². The Morgan fingerprint density at radius 3 is 2.48 bits per heavy atom. The molecule has 116 valence electrons. The van der Waals surface area contributed by atoms with Crippen LogP contribution in [0.15, 0.2) is 6.07 Å². The molecule has 21 heavy (non-hydrogen) atoms. The maximum absolute atomic E-state index is 12.6. The highest BCUT2D eigenvalue weighted by Gasteiger charge is 2.33. The normalized spacial score (nSPS) is 27.3. The summed E-state index contributed by atoms with van der Waals surface area (Å²) in [6.45, 7) is 7.39. The number of rotatable bonds is 2. The van der Waals surface area contributed by atoms with Gasteiger partial charge in [0.1, 0.15) is 0 Å². The molecule has 1 aromatic rings. The van der Waals surface area contributed by atoms with Crippen LogP contribution in [0.4, 0.5) is 0 Å². The van der Waals surface area contributed by atoms with Gasteiger partial charge in [-0.15, -0.1) is 11.3 Å². The second-order valence-electron chi connectivity index (χ2n) is 6.22.